The van der Waals surface area contributed by atoms with Crippen LogP contribution < -0.4 is 0 Å². The van der Waals surface area contributed by atoms with Crippen LogP contribution in [0.5, 0.6) is 5.75 Å². The average Bonchev–Trinajstić information content (AvgIpc) is 2.90. The number of hydrogen-bond donors (Lipinski definition) is 1. The molecule has 0 aliphatic rings. The Labute approximate surface area is 203 Å². The SMILES string of the molecule is Oc1c(-c2cccc3cc4ccccc4cc23)cccc1-c1cccc2cc3ccccc3cc12. The molecule has 1 heteroatoms. The van der Waals surface area contributed by atoms with E-state index >= 15 is 0 Å². The molecule has 7 aromatic carbocycles. The zero-order valence-electron chi connectivity index (χ0n) is 19.1. The summed E-state index contributed by atoms with van der Waals surface area (Å²) in [6.45, 7) is 0. The molecule has 35 heavy (non-hydrogen) atoms. The molecule has 0 spiro atoms. The smallest absolute Gasteiger partial charge is 0.131 e. The van der Waals surface area contributed by atoms with Crippen molar-refractivity contribution in [1.82, 2.24) is 0 Å². The molecule has 0 fully saturated rings. The Morgan fingerprint density at radius 2 is 0.657 bits per heavy atom. The quantitative estimate of drug-likeness (QED) is 0.262. The Kier molecular flexibility index (Phi) is 4.37. The van der Waals surface area contributed by atoms with Crippen LogP contribution in [-0.2, 0) is 0 Å². The number of rotatable bonds is 2. The molecule has 7 rings (SSSR count). The lowest BCUT2D eigenvalue weighted by Gasteiger charge is -2.15. The summed E-state index contributed by atoms with van der Waals surface area (Å²) in [4.78, 5) is 0. The first-order valence-electron chi connectivity index (χ1n) is 11.9. The lowest BCUT2D eigenvalue weighted by molar-refractivity contribution is 0.479. The molecule has 0 aromatic heterocycles. The van der Waals surface area contributed by atoms with Gasteiger partial charge in [-0.2, -0.15) is 0 Å². The number of phenols is 1. The maximum Gasteiger partial charge on any atom is 0.131 e. The van der Waals surface area contributed by atoms with Gasteiger partial charge in [0.05, 0.1) is 0 Å². The molecular weight excluding hydrogens is 424 g/mol. The van der Waals surface area contributed by atoms with E-state index in [1.165, 1.54) is 32.3 Å². The van der Waals surface area contributed by atoms with Crippen LogP contribution in [0.4, 0.5) is 0 Å². The Morgan fingerprint density at radius 1 is 0.314 bits per heavy atom. The van der Waals surface area contributed by atoms with Crippen molar-refractivity contribution in [2.75, 3.05) is 0 Å². The van der Waals surface area contributed by atoms with Gasteiger partial charge in [-0.1, -0.05) is 103 Å². The van der Waals surface area contributed by atoms with Crippen molar-refractivity contribution in [2.45, 2.75) is 0 Å². The third-order valence-electron chi connectivity index (χ3n) is 7.11. The molecule has 0 atom stereocenters. The second-order valence-corrected chi connectivity index (χ2v) is 9.15. The number of benzene rings is 7. The van der Waals surface area contributed by atoms with E-state index in [4.69, 9.17) is 0 Å². The Balaban J connectivity index is 1.48. The largest absolute Gasteiger partial charge is 0.507 e. The minimum atomic E-state index is 0.314. The highest BCUT2D eigenvalue weighted by Crippen LogP contribution is 2.43. The summed E-state index contributed by atoms with van der Waals surface area (Å²) in [5.41, 5.74) is 3.78. The fourth-order valence-corrected chi connectivity index (χ4v) is 5.38. The van der Waals surface area contributed by atoms with E-state index in [1.54, 1.807) is 0 Å². The minimum Gasteiger partial charge on any atom is -0.507 e. The first-order chi connectivity index (χ1) is 17.3. The summed E-state index contributed by atoms with van der Waals surface area (Å²) in [6, 6.07) is 44.5. The molecule has 0 heterocycles. The summed E-state index contributed by atoms with van der Waals surface area (Å²) in [5.74, 6) is 0.314. The van der Waals surface area contributed by atoms with Gasteiger partial charge in [0.1, 0.15) is 5.75 Å². The highest BCUT2D eigenvalue weighted by Gasteiger charge is 2.15. The first-order valence-corrected chi connectivity index (χ1v) is 11.9. The summed E-state index contributed by atoms with van der Waals surface area (Å²) >= 11 is 0. The van der Waals surface area contributed by atoms with Crippen molar-refractivity contribution in [2.24, 2.45) is 0 Å². The van der Waals surface area contributed by atoms with Crippen molar-refractivity contribution in [3.05, 3.63) is 127 Å². The summed E-state index contributed by atoms with van der Waals surface area (Å²) in [7, 11) is 0. The Morgan fingerprint density at radius 3 is 1.11 bits per heavy atom. The summed E-state index contributed by atoms with van der Waals surface area (Å²) in [6.07, 6.45) is 0. The van der Waals surface area contributed by atoms with E-state index in [-0.39, 0.29) is 0 Å². The van der Waals surface area contributed by atoms with Crippen LogP contribution in [0, 0.1) is 0 Å². The molecule has 0 unspecified atom stereocenters. The standard InChI is InChI=1S/C34H22O/c35-34-30(28-14-5-12-26-18-22-8-1-3-10-24(22)20-32(26)28)16-7-17-31(34)29-15-6-13-27-19-23-9-2-4-11-25(23)21-33(27)29/h1-21,35H. The van der Waals surface area contributed by atoms with Crippen LogP contribution in [0.1, 0.15) is 0 Å². The van der Waals surface area contributed by atoms with Gasteiger partial charge in [-0.25, -0.2) is 0 Å². The molecular formula is C34H22O. The molecule has 0 saturated heterocycles. The molecule has 1 N–H and O–H groups in total. The van der Waals surface area contributed by atoms with Gasteiger partial charge in [0.15, 0.2) is 0 Å². The average molecular weight is 447 g/mol. The molecule has 7 aromatic rings. The van der Waals surface area contributed by atoms with Gasteiger partial charge >= 0.3 is 0 Å². The van der Waals surface area contributed by atoms with Gasteiger partial charge in [-0.05, 0) is 78.5 Å². The monoisotopic (exact) mass is 446 g/mol. The molecule has 0 bridgehead atoms. The zero-order valence-corrected chi connectivity index (χ0v) is 19.1. The molecule has 0 aliphatic carbocycles. The Hall–Kier alpha value is -4.62. The number of aromatic hydroxyl groups is 1. The van der Waals surface area contributed by atoms with Gasteiger partial charge in [0, 0.05) is 11.1 Å². The van der Waals surface area contributed by atoms with Gasteiger partial charge in [0.25, 0.3) is 0 Å². The summed E-state index contributed by atoms with van der Waals surface area (Å²) in [5, 5.41) is 21.1. The van der Waals surface area contributed by atoms with Gasteiger partial charge in [-0.15, -0.1) is 0 Å². The molecule has 0 amide bonds. The fourth-order valence-electron chi connectivity index (χ4n) is 5.38. The van der Waals surface area contributed by atoms with E-state index in [2.05, 4.69) is 109 Å². The van der Waals surface area contributed by atoms with Crippen LogP contribution in [0.15, 0.2) is 127 Å². The Bertz CT molecular complexity index is 1780. The van der Waals surface area contributed by atoms with Gasteiger partial charge in [-0.3, -0.25) is 0 Å². The second-order valence-electron chi connectivity index (χ2n) is 9.15. The zero-order chi connectivity index (χ0) is 23.4. The van der Waals surface area contributed by atoms with E-state index in [0.29, 0.717) is 5.75 Å². The minimum absolute atomic E-state index is 0.314. The van der Waals surface area contributed by atoms with E-state index < -0.39 is 0 Å². The van der Waals surface area contributed by atoms with E-state index in [0.717, 1.165) is 33.0 Å². The maximum absolute atomic E-state index is 11.6. The van der Waals surface area contributed by atoms with Crippen LogP contribution in [0.2, 0.25) is 0 Å². The van der Waals surface area contributed by atoms with Crippen LogP contribution >= 0.6 is 0 Å². The number of para-hydroxylation sites is 1. The molecule has 0 saturated carbocycles. The first kappa shape index (κ1) is 19.8. The van der Waals surface area contributed by atoms with Crippen molar-refractivity contribution in [3.8, 4) is 28.0 Å². The van der Waals surface area contributed by atoms with Crippen molar-refractivity contribution < 1.29 is 5.11 Å². The molecule has 0 aliphatic heterocycles. The molecule has 0 radical (unpaired) electrons. The van der Waals surface area contributed by atoms with Crippen molar-refractivity contribution in [1.29, 1.82) is 0 Å². The molecule has 1 nitrogen and oxygen atoms in total. The number of fused-ring (bicyclic) bond motifs is 4. The van der Waals surface area contributed by atoms with Crippen LogP contribution in [0.25, 0.3) is 65.3 Å². The lowest BCUT2D eigenvalue weighted by atomic mass is 9.90. The maximum atomic E-state index is 11.6. The normalized spacial score (nSPS) is 11.5. The highest BCUT2D eigenvalue weighted by molar-refractivity contribution is 6.08. The van der Waals surface area contributed by atoms with E-state index in [1.807, 2.05) is 18.2 Å². The summed E-state index contributed by atoms with van der Waals surface area (Å²) < 4.78 is 0. The molecule has 164 valence electrons. The predicted molar refractivity (Wildman–Crippen MR) is 149 cm³/mol. The topological polar surface area (TPSA) is 20.2 Å². The van der Waals surface area contributed by atoms with E-state index in [9.17, 15) is 5.11 Å². The van der Waals surface area contributed by atoms with Crippen LogP contribution in [0.3, 0.4) is 0 Å². The number of hydrogen-bond acceptors (Lipinski definition) is 1. The van der Waals surface area contributed by atoms with Crippen LogP contribution in [-0.4, -0.2) is 5.11 Å². The van der Waals surface area contributed by atoms with Crippen molar-refractivity contribution >= 4 is 43.1 Å². The fraction of sp³-hybridized carbons (Fsp3) is 0. The second kappa shape index (κ2) is 7.72. The third-order valence-corrected chi connectivity index (χ3v) is 7.11. The van der Waals surface area contributed by atoms with Crippen molar-refractivity contribution in [3.63, 3.8) is 0 Å². The lowest BCUT2D eigenvalue weighted by Crippen LogP contribution is -1.88. The highest BCUT2D eigenvalue weighted by atomic mass is 16.3. The number of phenolic OH excluding ortho intramolecular Hbond substituents is 1. The van der Waals surface area contributed by atoms with Gasteiger partial charge < -0.3 is 5.11 Å². The van der Waals surface area contributed by atoms with Gasteiger partial charge in [0.2, 0.25) is 0 Å². The predicted octanol–water partition coefficient (Wildman–Crippen LogP) is 9.34. The third kappa shape index (κ3) is 3.17.